The van der Waals surface area contributed by atoms with E-state index in [2.05, 4.69) is 0 Å². The average Bonchev–Trinajstić information content (AvgIpc) is 2.78. The molecule has 6 heteroatoms. The van der Waals surface area contributed by atoms with Gasteiger partial charge in [-0.2, -0.15) is 0 Å². The Morgan fingerprint density at radius 1 is 1.42 bits per heavy atom. The number of hydrogen-bond donors (Lipinski definition) is 1. The van der Waals surface area contributed by atoms with Crippen LogP contribution in [0.15, 0.2) is 17.5 Å². The SMILES string of the molecule is CC(C)CN(CC(=O)O)C(=O)N(C)Cc1cccs1. The Morgan fingerprint density at radius 2 is 2.11 bits per heavy atom. The molecule has 0 spiro atoms. The Kier molecular flexibility index (Phi) is 5.82. The highest BCUT2D eigenvalue weighted by Crippen LogP contribution is 2.12. The molecule has 0 atom stereocenters. The lowest BCUT2D eigenvalue weighted by Gasteiger charge is -2.28. The third-order valence-electron chi connectivity index (χ3n) is 2.48. The Bertz CT molecular complexity index is 418. The highest BCUT2D eigenvalue weighted by molar-refractivity contribution is 7.09. The third kappa shape index (κ3) is 5.30. The van der Waals surface area contributed by atoms with E-state index in [9.17, 15) is 9.59 Å². The summed E-state index contributed by atoms with van der Waals surface area (Å²) >= 11 is 1.58. The molecule has 0 aromatic carbocycles. The Hall–Kier alpha value is -1.56. The maximum atomic E-state index is 12.2. The number of urea groups is 1. The van der Waals surface area contributed by atoms with Crippen molar-refractivity contribution in [1.82, 2.24) is 9.80 Å². The van der Waals surface area contributed by atoms with Gasteiger partial charge in [0.05, 0.1) is 6.54 Å². The van der Waals surface area contributed by atoms with Gasteiger partial charge < -0.3 is 14.9 Å². The lowest BCUT2D eigenvalue weighted by molar-refractivity contribution is -0.137. The lowest BCUT2D eigenvalue weighted by Crippen LogP contribution is -2.44. The maximum Gasteiger partial charge on any atom is 0.323 e. The van der Waals surface area contributed by atoms with E-state index < -0.39 is 5.97 Å². The Balaban J connectivity index is 2.66. The predicted octanol–water partition coefficient (Wildman–Crippen LogP) is 2.34. The van der Waals surface area contributed by atoms with Crippen LogP contribution in [0.2, 0.25) is 0 Å². The predicted molar refractivity (Wildman–Crippen MR) is 75.2 cm³/mol. The Morgan fingerprint density at radius 3 is 2.58 bits per heavy atom. The highest BCUT2D eigenvalue weighted by Gasteiger charge is 2.21. The van der Waals surface area contributed by atoms with Gasteiger partial charge in [0.15, 0.2) is 0 Å². The molecule has 1 aromatic rings. The van der Waals surface area contributed by atoms with Crippen molar-refractivity contribution < 1.29 is 14.7 Å². The summed E-state index contributed by atoms with van der Waals surface area (Å²) in [5.41, 5.74) is 0. The monoisotopic (exact) mass is 284 g/mol. The van der Waals surface area contributed by atoms with E-state index in [1.807, 2.05) is 31.4 Å². The first-order valence-corrected chi connectivity index (χ1v) is 7.02. The largest absolute Gasteiger partial charge is 0.480 e. The molecular weight excluding hydrogens is 264 g/mol. The van der Waals surface area contributed by atoms with Gasteiger partial charge in [-0.05, 0) is 17.4 Å². The molecule has 0 aliphatic heterocycles. The van der Waals surface area contributed by atoms with E-state index >= 15 is 0 Å². The molecule has 1 rings (SSSR count). The van der Waals surface area contributed by atoms with Gasteiger partial charge in [-0.3, -0.25) is 4.79 Å². The van der Waals surface area contributed by atoms with Crippen molar-refractivity contribution in [1.29, 1.82) is 0 Å². The summed E-state index contributed by atoms with van der Waals surface area (Å²) in [6.07, 6.45) is 0. The smallest absolute Gasteiger partial charge is 0.323 e. The van der Waals surface area contributed by atoms with E-state index in [-0.39, 0.29) is 18.5 Å². The van der Waals surface area contributed by atoms with E-state index in [0.717, 1.165) is 4.88 Å². The van der Waals surface area contributed by atoms with E-state index in [4.69, 9.17) is 5.11 Å². The van der Waals surface area contributed by atoms with Gasteiger partial charge in [0, 0.05) is 18.5 Å². The molecule has 1 N–H and O–H groups in total. The van der Waals surface area contributed by atoms with Crippen LogP contribution in [-0.2, 0) is 11.3 Å². The molecule has 0 bridgehead atoms. The molecule has 0 radical (unpaired) electrons. The quantitative estimate of drug-likeness (QED) is 0.872. The number of carbonyl (C=O) groups excluding carboxylic acids is 1. The number of amides is 2. The Labute approximate surface area is 117 Å². The van der Waals surface area contributed by atoms with E-state index in [0.29, 0.717) is 13.1 Å². The molecule has 0 saturated heterocycles. The van der Waals surface area contributed by atoms with Crippen molar-refractivity contribution in [2.75, 3.05) is 20.1 Å². The van der Waals surface area contributed by atoms with Crippen LogP contribution < -0.4 is 0 Å². The molecule has 0 unspecified atom stereocenters. The molecular formula is C13H20N2O3S. The summed E-state index contributed by atoms with van der Waals surface area (Å²) in [6.45, 7) is 4.61. The topological polar surface area (TPSA) is 60.9 Å². The van der Waals surface area contributed by atoms with Gasteiger partial charge >= 0.3 is 12.0 Å². The second kappa shape index (κ2) is 7.13. The minimum Gasteiger partial charge on any atom is -0.480 e. The normalized spacial score (nSPS) is 10.5. The van der Waals surface area contributed by atoms with Crippen LogP contribution in [0.5, 0.6) is 0 Å². The van der Waals surface area contributed by atoms with Crippen LogP contribution in [0.25, 0.3) is 0 Å². The summed E-state index contributed by atoms with van der Waals surface area (Å²) in [5.74, 6) is -0.753. The van der Waals surface area contributed by atoms with Gasteiger partial charge in [0.2, 0.25) is 0 Å². The minimum absolute atomic E-state index is 0.235. The number of thiophene rings is 1. The van der Waals surface area contributed by atoms with Gasteiger partial charge in [-0.1, -0.05) is 19.9 Å². The second-order valence-corrected chi connectivity index (χ2v) is 5.92. The van der Waals surface area contributed by atoms with Crippen LogP contribution in [0.4, 0.5) is 4.79 Å². The molecule has 0 aliphatic rings. The fourth-order valence-electron chi connectivity index (χ4n) is 1.76. The number of carboxylic acids is 1. The van der Waals surface area contributed by atoms with E-state index in [1.165, 1.54) is 4.90 Å². The van der Waals surface area contributed by atoms with Gasteiger partial charge in [-0.15, -0.1) is 11.3 Å². The van der Waals surface area contributed by atoms with Crippen LogP contribution in [0.3, 0.4) is 0 Å². The summed E-state index contributed by atoms with van der Waals surface area (Å²) in [4.78, 5) is 27.1. The number of carboxylic acid groups (broad SMARTS) is 1. The van der Waals surface area contributed by atoms with E-state index in [1.54, 1.807) is 23.3 Å². The van der Waals surface area contributed by atoms with Gasteiger partial charge in [0.1, 0.15) is 6.54 Å². The van der Waals surface area contributed by atoms with Crippen molar-refractivity contribution in [3.05, 3.63) is 22.4 Å². The average molecular weight is 284 g/mol. The number of rotatable bonds is 6. The molecule has 0 fully saturated rings. The van der Waals surface area contributed by atoms with Gasteiger partial charge in [0.25, 0.3) is 0 Å². The van der Waals surface area contributed by atoms with Crippen molar-refractivity contribution in [2.24, 2.45) is 5.92 Å². The minimum atomic E-state index is -0.987. The molecule has 5 nitrogen and oxygen atoms in total. The van der Waals surface area contributed by atoms with Gasteiger partial charge in [-0.25, -0.2) is 4.79 Å². The van der Waals surface area contributed by atoms with Crippen molar-refractivity contribution in [3.8, 4) is 0 Å². The molecule has 19 heavy (non-hydrogen) atoms. The second-order valence-electron chi connectivity index (χ2n) is 4.89. The molecule has 1 aromatic heterocycles. The molecule has 2 amide bonds. The lowest BCUT2D eigenvalue weighted by atomic mass is 10.2. The fourth-order valence-corrected chi connectivity index (χ4v) is 2.52. The van der Waals surface area contributed by atoms with Crippen molar-refractivity contribution in [3.63, 3.8) is 0 Å². The number of hydrogen-bond acceptors (Lipinski definition) is 3. The van der Waals surface area contributed by atoms with Crippen LogP contribution in [0, 0.1) is 5.92 Å². The van der Waals surface area contributed by atoms with Crippen LogP contribution >= 0.6 is 11.3 Å². The first-order valence-electron chi connectivity index (χ1n) is 6.14. The number of aliphatic carboxylic acids is 1. The zero-order valence-electron chi connectivity index (χ0n) is 11.5. The first kappa shape index (κ1) is 15.5. The summed E-state index contributed by atoms with van der Waals surface area (Å²) in [5, 5.41) is 10.8. The zero-order chi connectivity index (χ0) is 14.4. The summed E-state index contributed by atoms with van der Waals surface area (Å²) in [6, 6.07) is 3.64. The summed E-state index contributed by atoms with van der Waals surface area (Å²) in [7, 11) is 1.69. The van der Waals surface area contributed by atoms with Crippen molar-refractivity contribution in [2.45, 2.75) is 20.4 Å². The molecule has 1 heterocycles. The number of carbonyl (C=O) groups is 2. The maximum absolute atomic E-state index is 12.2. The standard InChI is InChI=1S/C13H20N2O3S/c1-10(2)7-15(9-12(16)17)13(18)14(3)8-11-5-4-6-19-11/h4-6,10H,7-9H2,1-3H3,(H,16,17). The highest BCUT2D eigenvalue weighted by atomic mass is 32.1. The van der Waals surface area contributed by atoms with Crippen LogP contribution in [-0.4, -0.2) is 47.0 Å². The molecule has 0 aliphatic carbocycles. The molecule has 106 valence electrons. The fraction of sp³-hybridized carbons (Fsp3) is 0.538. The molecule has 0 saturated carbocycles. The van der Waals surface area contributed by atoms with Crippen LogP contribution in [0.1, 0.15) is 18.7 Å². The zero-order valence-corrected chi connectivity index (χ0v) is 12.3. The first-order chi connectivity index (χ1) is 8.90. The van der Waals surface area contributed by atoms with Crippen molar-refractivity contribution >= 4 is 23.3 Å². The third-order valence-corrected chi connectivity index (χ3v) is 3.34. The number of nitrogens with zero attached hydrogens (tertiary/aromatic N) is 2. The summed E-state index contributed by atoms with van der Waals surface area (Å²) < 4.78 is 0.